The van der Waals surface area contributed by atoms with Crippen LogP contribution in [0.5, 0.6) is 0 Å². The Labute approximate surface area is 87.1 Å². The summed E-state index contributed by atoms with van der Waals surface area (Å²) in [6.45, 7) is 0. The van der Waals surface area contributed by atoms with E-state index in [4.69, 9.17) is 0 Å². The van der Waals surface area contributed by atoms with Gasteiger partial charge < -0.3 is 0 Å². The van der Waals surface area contributed by atoms with Gasteiger partial charge in [-0.1, -0.05) is 0 Å². The number of halogens is 1. The van der Waals surface area contributed by atoms with Crippen LogP contribution in [0.1, 0.15) is 5.56 Å². The standard InChI is InChI=1S/C7H5BrN4S/c8-7-1-6(3-13-7)2-11-12-4-9-10-5-12/h1-5H/b11-2+. The van der Waals surface area contributed by atoms with Gasteiger partial charge in [0.05, 0.1) is 10.0 Å². The summed E-state index contributed by atoms with van der Waals surface area (Å²) in [6, 6.07) is 2.00. The molecule has 0 spiro atoms. The van der Waals surface area contributed by atoms with Crippen molar-refractivity contribution in [3.05, 3.63) is 33.5 Å². The predicted octanol–water partition coefficient (Wildman–Crippen LogP) is 1.98. The van der Waals surface area contributed by atoms with Gasteiger partial charge in [0.2, 0.25) is 0 Å². The first-order valence-electron chi connectivity index (χ1n) is 3.47. The van der Waals surface area contributed by atoms with Gasteiger partial charge in [0.15, 0.2) is 0 Å². The van der Waals surface area contributed by atoms with Crippen molar-refractivity contribution in [2.45, 2.75) is 0 Å². The maximum atomic E-state index is 4.10. The van der Waals surface area contributed by atoms with Crippen LogP contribution in [0.15, 0.2) is 33.0 Å². The summed E-state index contributed by atoms with van der Waals surface area (Å²) in [7, 11) is 0. The molecule has 0 saturated carbocycles. The first-order valence-corrected chi connectivity index (χ1v) is 5.15. The summed E-state index contributed by atoms with van der Waals surface area (Å²) < 4.78 is 2.64. The van der Waals surface area contributed by atoms with Crippen molar-refractivity contribution in [1.29, 1.82) is 0 Å². The molecule has 6 heteroatoms. The maximum Gasteiger partial charge on any atom is 0.141 e. The molecular formula is C7H5BrN4S. The second-order valence-electron chi connectivity index (χ2n) is 2.27. The van der Waals surface area contributed by atoms with E-state index >= 15 is 0 Å². The van der Waals surface area contributed by atoms with Gasteiger partial charge in [0, 0.05) is 10.9 Å². The highest BCUT2D eigenvalue weighted by atomic mass is 79.9. The van der Waals surface area contributed by atoms with Crippen molar-refractivity contribution < 1.29 is 0 Å². The normalized spacial score (nSPS) is 11.2. The minimum atomic E-state index is 1.06. The molecule has 0 amide bonds. The quantitative estimate of drug-likeness (QED) is 0.772. The highest BCUT2D eigenvalue weighted by Crippen LogP contribution is 2.19. The minimum absolute atomic E-state index is 1.06. The largest absolute Gasteiger partial charge is 0.208 e. The van der Waals surface area contributed by atoms with Crippen LogP contribution < -0.4 is 0 Å². The molecular weight excluding hydrogens is 252 g/mol. The van der Waals surface area contributed by atoms with Gasteiger partial charge in [-0.2, -0.15) is 5.10 Å². The molecule has 0 aliphatic rings. The Kier molecular flexibility index (Phi) is 2.51. The molecule has 4 nitrogen and oxygen atoms in total. The number of nitrogens with zero attached hydrogens (tertiary/aromatic N) is 4. The van der Waals surface area contributed by atoms with Gasteiger partial charge in [0.1, 0.15) is 12.7 Å². The lowest BCUT2D eigenvalue weighted by Gasteiger charge is -1.86. The highest BCUT2D eigenvalue weighted by molar-refractivity contribution is 9.11. The molecule has 2 aromatic rings. The van der Waals surface area contributed by atoms with E-state index in [0.29, 0.717) is 0 Å². The first-order chi connectivity index (χ1) is 6.34. The van der Waals surface area contributed by atoms with Crippen molar-refractivity contribution in [2.24, 2.45) is 5.10 Å². The molecule has 0 aliphatic heterocycles. The molecule has 0 bridgehead atoms. The zero-order valence-corrected chi connectivity index (χ0v) is 8.86. The highest BCUT2D eigenvalue weighted by Gasteiger charge is 1.92. The van der Waals surface area contributed by atoms with E-state index in [1.165, 1.54) is 12.7 Å². The van der Waals surface area contributed by atoms with Crippen LogP contribution in [-0.4, -0.2) is 21.1 Å². The van der Waals surface area contributed by atoms with E-state index < -0.39 is 0 Å². The van der Waals surface area contributed by atoms with E-state index in [0.717, 1.165) is 9.35 Å². The number of hydrogen-bond donors (Lipinski definition) is 0. The van der Waals surface area contributed by atoms with Crippen LogP contribution in [0.3, 0.4) is 0 Å². The maximum absolute atomic E-state index is 4.10. The molecule has 13 heavy (non-hydrogen) atoms. The molecule has 66 valence electrons. The molecule has 2 heterocycles. The van der Waals surface area contributed by atoms with Crippen LogP contribution in [0.2, 0.25) is 0 Å². The fraction of sp³-hybridized carbons (Fsp3) is 0. The van der Waals surface area contributed by atoms with Gasteiger partial charge in [0.25, 0.3) is 0 Å². The summed E-state index contributed by atoms with van der Waals surface area (Å²) >= 11 is 5.00. The van der Waals surface area contributed by atoms with Crippen LogP contribution in [0, 0.1) is 0 Å². The Morgan fingerprint density at radius 3 is 2.85 bits per heavy atom. The van der Waals surface area contributed by atoms with E-state index in [-0.39, 0.29) is 0 Å². The zero-order chi connectivity index (χ0) is 9.10. The number of aromatic nitrogens is 3. The fourth-order valence-electron chi connectivity index (χ4n) is 0.779. The Morgan fingerprint density at radius 1 is 1.46 bits per heavy atom. The third-order valence-corrected chi connectivity index (χ3v) is 2.86. The van der Waals surface area contributed by atoms with Crippen molar-refractivity contribution in [3.63, 3.8) is 0 Å². The predicted molar refractivity (Wildman–Crippen MR) is 55.0 cm³/mol. The molecule has 0 saturated heterocycles. The third kappa shape index (κ3) is 2.22. The smallest absolute Gasteiger partial charge is 0.141 e. The fourth-order valence-corrected chi connectivity index (χ4v) is 1.91. The van der Waals surface area contributed by atoms with Crippen molar-refractivity contribution in [1.82, 2.24) is 14.9 Å². The van der Waals surface area contributed by atoms with Crippen LogP contribution in [-0.2, 0) is 0 Å². The van der Waals surface area contributed by atoms with Crippen LogP contribution >= 0.6 is 27.3 Å². The van der Waals surface area contributed by atoms with Crippen LogP contribution in [0.25, 0.3) is 0 Å². The van der Waals surface area contributed by atoms with Gasteiger partial charge in [-0.25, -0.2) is 4.68 Å². The average molecular weight is 257 g/mol. The number of thiophene rings is 1. The minimum Gasteiger partial charge on any atom is -0.208 e. The summed E-state index contributed by atoms with van der Waals surface area (Å²) in [4.78, 5) is 0. The van der Waals surface area contributed by atoms with Crippen LogP contribution in [0.4, 0.5) is 0 Å². The third-order valence-electron chi connectivity index (χ3n) is 1.33. The molecule has 0 N–H and O–H groups in total. The second kappa shape index (κ2) is 3.80. The molecule has 2 aromatic heterocycles. The van der Waals surface area contributed by atoms with E-state index in [1.54, 1.807) is 22.2 Å². The second-order valence-corrected chi connectivity index (χ2v) is 4.56. The molecule has 0 aliphatic carbocycles. The average Bonchev–Trinajstić information content (AvgIpc) is 2.71. The van der Waals surface area contributed by atoms with Crippen molar-refractivity contribution in [3.8, 4) is 0 Å². The lowest BCUT2D eigenvalue weighted by Crippen LogP contribution is -1.84. The summed E-state index contributed by atoms with van der Waals surface area (Å²) in [5.74, 6) is 0. The lowest BCUT2D eigenvalue weighted by molar-refractivity contribution is 0.878. The monoisotopic (exact) mass is 256 g/mol. The number of rotatable bonds is 2. The zero-order valence-electron chi connectivity index (χ0n) is 6.46. The van der Waals surface area contributed by atoms with Gasteiger partial charge in [-0.3, -0.25) is 0 Å². The first kappa shape index (κ1) is 8.58. The van der Waals surface area contributed by atoms with E-state index in [2.05, 4.69) is 31.2 Å². The molecule has 0 unspecified atom stereocenters. The molecule has 2 rings (SSSR count). The van der Waals surface area contributed by atoms with Crippen molar-refractivity contribution >= 4 is 33.5 Å². The van der Waals surface area contributed by atoms with E-state index in [1.807, 2.05) is 11.4 Å². The molecule has 0 atom stereocenters. The summed E-state index contributed by atoms with van der Waals surface area (Å²) in [5.41, 5.74) is 1.06. The Bertz CT molecular complexity index is 406. The van der Waals surface area contributed by atoms with Gasteiger partial charge in [-0.15, -0.1) is 21.5 Å². The topological polar surface area (TPSA) is 43.1 Å². The number of hydrogen-bond acceptors (Lipinski definition) is 4. The summed E-state index contributed by atoms with van der Waals surface area (Å²) in [5, 5.41) is 13.4. The Balaban J connectivity index is 2.14. The Hall–Kier alpha value is -1.01. The lowest BCUT2D eigenvalue weighted by atomic mass is 10.4. The molecule has 0 aromatic carbocycles. The Morgan fingerprint density at radius 2 is 2.23 bits per heavy atom. The summed E-state index contributed by atoms with van der Waals surface area (Å²) in [6.07, 6.45) is 4.83. The van der Waals surface area contributed by atoms with Gasteiger partial charge in [-0.05, 0) is 22.0 Å². The van der Waals surface area contributed by atoms with Crippen molar-refractivity contribution in [2.75, 3.05) is 0 Å². The molecule has 0 radical (unpaired) electrons. The molecule has 0 fully saturated rings. The van der Waals surface area contributed by atoms with Gasteiger partial charge >= 0.3 is 0 Å². The van der Waals surface area contributed by atoms with E-state index in [9.17, 15) is 0 Å². The SMILES string of the molecule is Brc1cc(/C=N/n2cnnc2)cs1.